The van der Waals surface area contributed by atoms with Gasteiger partial charge in [0, 0.05) is 13.1 Å². The standard InChI is InChI=1S/C24H27ClF3NO3/c1-23(2,3)22(30)32-29-12-10-18(11-13-29)17-5-7-19(8-6-17)31-15-16-4-9-21(25)20(14-16)24(26,27)28/h4-9,14,18H,10-13,15H2,1-3H3. The predicted octanol–water partition coefficient (Wildman–Crippen LogP) is 6.62. The Hall–Kier alpha value is -2.25. The fourth-order valence-corrected chi connectivity index (χ4v) is 3.64. The molecule has 174 valence electrons. The van der Waals surface area contributed by atoms with Gasteiger partial charge in [0.15, 0.2) is 0 Å². The molecule has 0 aliphatic carbocycles. The van der Waals surface area contributed by atoms with E-state index in [9.17, 15) is 18.0 Å². The van der Waals surface area contributed by atoms with Gasteiger partial charge >= 0.3 is 12.1 Å². The highest BCUT2D eigenvalue weighted by Gasteiger charge is 2.33. The quantitative estimate of drug-likeness (QED) is 0.493. The van der Waals surface area contributed by atoms with Crippen molar-refractivity contribution in [1.82, 2.24) is 5.06 Å². The van der Waals surface area contributed by atoms with Gasteiger partial charge in [0.05, 0.1) is 16.0 Å². The highest BCUT2D eigenvalue weighted by Crippen LogP contribution is 2.35. The molecule has 0 N–H and O–H groups in total. The van der Waals surface area contributed by atoms with Crippen LogP contribution in [-0.2, 0) is 22.4 Å². The van der Waals surface area contributed by atoms with Gasteiger partial charge in [-0.05, 0) is 74.9 Å². The third-order valence-corrected chi connectivity index (χ3v) is 5.70. The van der Waals surface area contributed by atoms with Crippen molar-refractivity contribution in [2.45, 2.75) is 52.3 Å². The minimum atomic E-state index is -4.50. The number of piperidine rings is 1. The normalized spacial score (nSPS) is 16.1. The second kappa shape index (κ2) is 9.71. The summed E-state index contributed by atoms with van der Waals surface area (Å²) in [6.45, 7) is 6.83. The van der Waals surface area contributed by atoms with Gasteiger partial charge in [-0.1, -0.05) is 29.8 Å². The van der Waals surface area contributed by atoms with Crippen molar-refractivity contribution >= 4 is 17.6 Å². The van der Waals surface area contributed by atoms with E-state index >= 15 is 0 Å². The van der Waals surface area contributed by atoms with Gasteiger partial charge in [-0.25, -0.2) is 4.79 Å². The van der Waals surface area contributed by atoms with Crippen LogP contribution in [0.25, 0.3) is 0 Å². The van der Waals surface area contributed by atoms with E-state index in [0.717, 1.165) is 24.5 Å². The topological polar surface area (TPSA) is 38.8 Å². The van der Waals surface area contributed by atoms with E-state index in [-0.39, 0.29) is 17.6 Å². The summed E-state index contributed by atoms with van der Waals surface area (Å²) in [5.74, 6) is 0.688. The molecule has 2 aromatic carbocycles. The summed E-state index contributed by atoms with van der Waals surface area (Å²) in [5.41, 5.74) is 0.149. The summed E-state index contributed by atoms with van der Waals surface area (Å²) < 4.78 is 44.7. The van der Waals surface area contributed by atoms with Gasteiger partial charge in [0.25, 0.3) is 0 Å². The maximum absolute atomic E-state index is 13.0. The van der Waals surface area contributed by atoms with Gasteiger partial charge in [-0.15, -0.1) is 5.06 Å². The molecular formula is C24H27ClF3NO3. The van der Waals surface area contributed by atoms with Crippen molar-refractivity contribution in [3.8, 4) is 5.75 Å². The van der Waals surface area contributed by atoms with E-state index < -0.39 is 17.2 Å². The Bertz CT molecular complexity index is 931. The number of rotatable bonds is 5. The van der Waals surface area contributed by atoms with Crippen LogP contribution in [0.1, 0.15) is 56.2 Å². The second-order valence-electron chi connectivity index (χ2n) is 9.00. The van der Waals surface area contributed by atoms with Crippen LogP contribution < -0.4 is 4.74 Å². The van der Waals surface area contributed by atoms with Crippen LogP contribution in [0.2, 0.25) is 5.02 Å². The number of carbonyl (C=O) groups excluding carboxylic acids is 1. The number of hydroxylamine groups is 2. The van der Waals surface area contributed by atoms with Crippen molar-refractivity contribution in [2.75, 3.05) is 13.1 Å². The molecule has 0 radical (unpaired) electrons. The van der Waals surface area contributed by atoms with E-state index in [1.54, 1.807) is 5.06 Å². The molecule has 0 unspecified atom stereocenters. The molecule has 0 aromatic heterocycles. The van der Waals surface area contributed by atoms with E-state index in [1.807, 2.05) is 45.0 Å². The van der Waals surface area contributed by atoms with Crippen LogP contribution in [-0.4, -0.2) is 24.1 Å². The summed E-state index contributed by atoms with van der Waals surface area (Å²) in [5, 5.41) is 1.40. The molecule has 1 fully saturated rings. The summed E-state index contributed by atoms with van der Waals surface area (Å²) in [7, 11) is 0. The van der Waals surface area contributed by atoms with Crippen LogP contribution in [0, 0.1) is 5.41 Å². The van der Waals surface area contributed by atoms with Crippen LogP contribution in [0.3, 0.4) is 0 Å². The minimum absolute atomic E-state index is 0.0110. The van der Waals surface area contributed by atoms with Crippen molar-refractivity contribution in [3.63, 3.8) is 0 Å². The zero-order valence-corrected chi connectivity index (χ0v) is 19.1. The van der Waals surface area contributed by atoms with E-state index in [1.165, 1.54) is 12.1 Å². The average molecular weight is 470 g/mol. The molecule has 4 nitrogen and oxygen atoms in total. The maximum atomic E-state index is 13.0. The van der Waals surface area contributed by atoms with Crippen molar-refractivity contribution in [3.05, 3.63) is 64.2 Å². The van der Waals surface area contributed by atoms with Gasteiger partial charge in [0.1, 0.15) is 12.4 Å². The lowest BCUT2D eigenvalue weighted by Gasteiger charge is -2.32. The molecule has 2 aromatic rings. The van der Waals surface area contributed by atoms with Gasteiger partial charge in [-0.2, -0.15) is 13.2 Å². The fraction of sp³-hybridized carbons (Fsp3) is 0.458. The number of carbonyl (C=O) groups is 1. The monoisotopic (exact) mass is 469 g/mol. The zero-order valence-electron chi connectivity index (χ0n) is 18.3. The molecule has 0 amide bonds. The van der Waals surface area contributed by atoms with Crippen LogP contribution >= 0.6 is 11.6 Å². The largest absolute Gasteiger partial charge is 0.489 e. The molecule has 1 saturated heterocycles. The first-order valence-corrected chi connectivity index (χ1v) is 10.9. The lowest BCUT2D eigenvalue weighted by Crippen LogP contribution is -2.38. The Kier molecular flexibility index (Phi) is 7.40. The predicted molar refractivity (Wildman–Crippen MR) is 116 cm³/mol. The lowest BCUT2D eigenvalue weighted by atomic mass is 9.90. The Labute approximate surface area is 191 Å². The molecule has 0 atom stereocenters. The molecule has 32 heavy (non-hydrogen) atoms. The maximum Gasteiger partial charge on any atom is 0.417 e. The number of hydrogen-bond acceptors (Lipinski definition) is 4. The van der Waals surface area contributed by atoms with Crippen LogP contribution in [0.4, 0.5) is 13.2 Å². The summed E-state index contributed by atoms with van der Waals surface area (Å²) in [6, 6.07) is 11.4. The smallest absolute Gasteiger partial charge is 0.417 e. The summed E-state index contributed by atoms with van der Waals surface area (Å²) >= 11 is 5.65. The Morgan fingerprint density at radius 2 is 1.69 bits per heavy atom. The third kappa shape index (κ3) is 6.39. The van der Waals surface area contributed by atoms with Crippen LogP contribution in [0.15, 0.2) is 42.5 Å². The lowest BCUT2D eigenvalue weighted by molar-refractivity contribution is -0.204. The van der Waals surface area contributed by atoms with Gasteiger partial charge in [0.2, 0.25) is 0 Å². The second-order valence-corrected chi connectivity index (χ2v) is 9.41. The van der Waals surface area contributed by atoms with Gasteiger partial charge < -0.3 is 9.57 Å². The molecule has 0 saturated carbocycles. The van der Waals surface area contributed by atoms with Crippen LogP contribution in [0.5, 0.6) is 5.75 Å². The highest BCUT2D eigenvalue weighted by molar-refractivity contribution is 6.31. The minimum Gasteiger partial charge on any atom is -0.489 e. The highest BCUT2D eigenvalue weighted by atomic mass is 35.5. The van der Waals surface area contributed by atoms with Gasteiger partial charge in [-0.3, -0.25) is 0 Å². The van der Waals surface area contributed by atoms with E-state index in [0.29, 0.717) is 30.3 Å². The number of benzene rings is 2. The third-order valence-electron chi connectivity index (χ3n) is 5.37. The van der Waals surface area contributed by atoms with Crippen molar-refractivity contribution in [2.24, 2.45) is 5.41 Å². The Balaban J connectivity index is 1.53. The summed E-state index contributed by atoms with van der Waals surface area (Å²) in [4.78, 5) is 17.5. The molecule has 1 aliphatic rings. The first-order chi connectivity index (χ1) is 14.9. The van der Waals surface area contributed by atoms with E-state index in [4.69, 9.17) is 21.2 Å². The molecule has 0 bridgehead atoms. The number of alkyl halides is 3. The molecule has 3 rings (SSSR count). The number of halogens is 4. The number of nitrogens with zero attached hydrogens (tertiary/aromatic N) is 1. The first kappa shape index (κ1) is 24.4. The zero-order chi connectivity index (χ0) is 23.5. The molecule has 8 heteroatoms. The molecular weight excluding hydrogens is 443 g/mol. The Morgan fingerprint density at radius 1 is 1.06 bits per heavy atom. The average Bonchev–Trinajstić information content (AvgIpc) is 2.72. The molecule has 0 spiro atoms. The molecule has 1 heterocycles. The van der Waals surface area contributed by atoms with Crippen molar-refractivity contribution in [1.29, 1.82) is 0 Å². The van der Waals surface area contributed by atoms with Crippen molar-refractivity contribution < 1.29 is 27.5 Å². The molecule has 1 aliphatic heterocycles. The SMILES string of the molecule is CC(C)(C)C(=O)ON1CCC(c2ccc(OCc3ccc(Cl)c(C(F)(F)F)c3)cc2)CC1. The number of ether oxygens (including phenoxy) is 1. The Morgan fingerprint density at radius 3 is 2.25 bits per heavy atom. The fourth-order valence-electron chi connectivity index (χ4n) is 3.42. The van der Waals surface area contributed by atoms with E-state index in [2.05, 4.69) is 0 Å². The first-order valence-electron chi connectivity index (χ1n) is 10.5. The number of hydrogen-bond donors (Lipinski definition) is 0. The summed E-state index contributed by atoms with van der Waals surface area (Å²) in [6.07, 6.45) is -2.78.